The Morgan fingerprint density at radius 2 is 2.29 bits per heavy atom. The summed E-state index contributed by atoms with van der Waals surface area (Å²) in [6, 6.07) is 7.32. The fourth-order valence-corrected chi connectivity index (χ4v) is 1.67. The van der Waals surface area contributed by atoms with Gasteiger partial charge in [0.1, 0.15) is 0 Å². The number of carbonyl (C=O) groups excluding carboxylic acids is 1. The summed E-state index contributed by atoms with van der Waals surface area (Å²) < 4.78 is 0. The molecule has 14 heavy (non-hydrogen) atoms. The Kier molecular flexibility index (Phi) is 1.97. The van der Waals surface area contributed by atoms with Gasteiger partial charge in [-0.1, -0.05) is 0 Å². The van der Waals surface area contributed by atoms with Gasteiger partial charge in [0.15, 0.2) is 0 Å². The molecule has 0 aliphatic carbocycles. The molecule has 0 fully saturated rings. The molecule has 1 aromatic carbocycles. The first-order valence-corrected chi connectivity index (χ1v) is 4.51. The lowest BCUT2D eigenvalue weighted by molar-refractivity contribution is 0.0781. The fraction of sp³-hybridized carbons (Fsp3) is 0.273. The van der Waals surface area contributed by atoms with Gasteiger partial charge >= 0.3 is 0 Å². The van der Waals surface area contributed by atoms with Gasteiger partial charge in [-0.15, -0.1) is 0 Å². The van der Waals surface area contributed by atoms with Crippen molar-refractivity contribution < 1.29 is 4.79 Å². The molecule has 70 valence electrons. The highest BCUT2D eigenvalue weighted by Crippen LogP contribution is 2.18. The molecule has 1 aromatic rings. The van der Waals surface area contributed by atoms with E-state index in [9.17, 15) is 4.79 Å². The van der Waals surface area contributed by atoms with E-state index in [0.717, 1.165) is 24.1 Å². The molecule has 0 unspecified atom stereocenters. The smallest absolute Gasteiger partial charge is 0.253 e. The average Bonchev–Trinajstić information content (AvgIpc) is 2.23. The van der Waals surface area contributed by atoms with Crippen LogP contribution < -0.4 is 0 Å². The van der Waals surface area contributed by atoms with Crippen LogP contribution >= 0.6 is 0 Å². The summed E-state index contributed by atoms with van der Waals surface area (Å²) in [6.45, 7) is 0.737. The number of rotatable bonds is 0. The molecule has 1 amide bonds. The topological polar surface area (TPSA) is 44.1 Å². The second kappa shape index (κ2) is 3.15. The summed E-state index contributed by atoms with van der Waals surface area (Å²) in [5, 5.41) is 8.71. The minimum absolute atomic E-state index is 0.0516. The molecular weight excluding hydrogens is 176 g/mol. The van der Waals surface area contributed by atoms with Crippen molar-refractivity contribution in [3.8, 4) is 6.07 Å². The molecular formula is C11H10N2O. The molecule has 1 aliphatic rings. The van der Waals surface area contributed by atoms with Gasteiger partial charge in [-0.3, -0.25) is 4.79 Å². The van der Waals surface area contributed by atoms with Crippen molar-refractivity contribution in [3.05, 3.63) is 34.9 Å². The lowest BCUT2D eigenvalue weighted by Crippen LogP contribution is -2.34. The van der Waals surface area contributed by atoms with Crippen LogP contribution in [0.25, 0.3) is 0 Å². The molecule has 1 aliphatic heterocycles. The molecule has 1 heterocycles. The number of fused-ring (bicyclic) bond motifs is 1. The molecule has 0 aromatic heterocycles. The van der Waals surface area contributed by atoms with Crippen molar-refractivity contribution in [1.82, 2.24) is 4.90 Å². The first-order chi connectivity index (χ1) is 6.72. The van der Waals surface area contributed by atoms with E-state index in [4.69, 9.17) is 5.26 Å². The Hall–Kier alpha value is -1.82. The van der Waals surface area contributed by atoms with Crippen molar-refractivity contribution in [2.45, 2.75) is 6.42 Å². The zero-order valence-corrected chi connectivity index (χ0v) is 7.95. The molecule has 3 nitrogen and oxygen atoms in total. The van der Waals surface area contributed by atoms with E-state index in [1.54, 1.807) is 30.1 Å². The molecule has 3 heteroatoms. The number of nitriles is 1. The van der Waals surface area contributed by atoms with Gasteiger partial charge in [-0.05, 0) is 30.2 Å². The Morgan fingerprint density at radius 1 is 1.50 bits per heavy atom. The van der Waals surface area contributed by atoms with Crippen LogP contribution in [-0.4, -0.2) is 24.4 Å². The van der Waals surface area contributed by atoms with Crippen molar-refractivity contribution in [1.29, 1.82) is 5.26 Å². The predicted molar refractivity (Wildman–Crippen MR) is 51.8 cm³/mol. The highest BCUT2D eigenvalue weighted by Gasteiger charge is 2.20. The number of carbonyl (C=O) groups is 1. The lowest BCUT2D eigenvalue weighted by Gasteiger charge is -2.24. The van der Waals surface area contributed by atoms with E-state index >= 15 is 0 Å². The molecule has 2 rings (SSSR count). The third kappa shape index (κ3) is 1.25. The van der Waals surface area contributed by atoms with Crippen molar-refractivity contribution in [2.75, 3.05) is 13.6 Å². The Balaban J connectivity index is 2.50. The van der Waals surface area contributed by atoms with Crippen LogP contribution in [0, 0.1) is 11.3 Å². The third-order valence-electron chi connectivity index (χ3n) is 2.53. The number of hydrogen-bond donors (Lipinski definition) is 0. The van der Waals surface area contributed by atoms with Gasteiger partial charge in [0.25, 0.3) is 5.91 Å². The van der Waals surface area contributed by atoms with Crippen LogP contribution in [0.1, 0.15) is 21.5 Å². The van der Waals surface area contributed by atoms with Crippen LogP contribution in [0.15, 0.2) is 18.2 Å². The number of hydrogen-bond acceptors (Lipinski definition) is 2. The van der Waals surface area contributed by atoms with Crippen LogP contribution in [0.2, 0.25) is 0 Å². The molecule has 0 radical (unpaired) electrons. The van der Waals surface area contributed by atoms with Crippen LogP contribution in [0.5, 0.6) is 0 Å². The maximum atomic E-state index is 11.7. The Bertz CT molecular complexity index is 431. The van der Waals surface area contributed by atoms with Gasteiger partial charge in [0, 0.05) is 19.2 Å². The van der Waals surface area contributed by atoms with E-state index in [-0.39, 0.29) is 5.91 Å². The SMILES string of the molecule is CN1CCc2cc(C#N)ccc2C1=O. The standard InChI is InChI=1S/C11H10N2O/c1-13-5-4-9-6-8(7-12)2-3-10(9)11(13)14/h2-3,6H,4-5H2,1H3. The van der Waals surface area contributed by atoms with Crippen molar-refractivity contribution in [2.24, 2.45) is 0 Å². The quantitative estimate of drug-likeness (QED) is 0.610. The van der Waals surface area contributed by atoms with E-state index in [1.807, 2.05) is 0 Å². The average molecular weight is 186 g/mol. The van der Waals surface area contributed by atoms with E-state index in [1.165, 1.54) is 0 Å². The largest absolute Gasteiger partial charge is 0.341 e. The molecule has 0 spiro atoms. The Labute approximate surface area is 82.6 Å². The van der Waals surface area contributed by atoms with Gasteiger partial charge in [-0.25, -0.2) is 0 Å². The van der Waals surface area contributed by atoms with Gasteiger partial charge in [0.2, 0.25) is 0 Å². The van der Waals surface area contributed by atoms with E-state index < -0.39 is 0 Å². The van der Waals surface area contributed by atoms with E-state index in [0.29, 0.717) is 5.56 Å². The molecule has 0 bridgehead atoms. The predicted octanol–water partition coefficient (Wildman–Crippen LogP) is 1.19. The molecule has 0 atom stereocenters. The van der Waals surface area contributed by atoms with E-state index in [2.05, 4.69) is 6.07 Å². The van der Waals surface area contributed by atoms with Crippen LogP contribution in [0.3, 0.4) is 0 Å². The normalized spacial score (nSPS) is 14.9. The summed E-state index contributed by atoms with van der Waals surface area (Å²) >= 11 is 0. The Morgan fingerprint density at radius 3 is 3.00 bits per heavy atom. The number of amides is 1. The van der Waals surface area contributed by atoms with Gasteiger partial charge in [0.05, 0.1) is 11.6 Å². The maximum absolute atomic E-state index is 11.7. The first-order valence-electron chi connectivity index (χ1n) is 4.51. The lowest BCUT2D eigenvalue weighted by atomic mass is 9.97. The minimum atomic E-state index is 0.0516. The molecule has 0 saturated carbocycles. The number of benzene rings is 1. The maximum Gasteiger partial charge on any atom is 0.253 e. The molecule has 0 saturated heterocycles. The highest BCUT2D eigenvalue weighted by molar-refractivity contribution is 5.96. The minimum Gasteiger partial charge on any atom is -0.341 e. The molecule has 0 N–H and O–H groups in total. The third-order valence-corrected chi connectivity index (χ3v) is 2.53. The summed E-state index contributed by atoms with van der Waals surface area (Å²) in [5.74, 6) is 0.0516. The summed E-state index contributed by atoms with van der Waals surface area (Å²) in [6.07, 6.45) is 0.840. The van der Waals surface area contributed by atoms with Crippen LogP contribution in [0.4, 0.5) is 0 Å². The first kappa shape index (κ1) is 8.76. The highest BCUT2D eigenvalue weighted by atomic mass is 16.2. The number of nitrogens with zero attached hydrogens (tertiary/aromatic N) is 2. The zero-order chi connectivity index (χ0) is 10.1. The second-order valence-corrected chi connectivity index (χ2v) is 3.46. The summed E-state index contributed by atoms with van der Waals surface area (Å²) in [5.41, 5.74) is 2.35. The van der Waals surface area contributed by atoms with Crippen molar-refractivity contribution >= 4 is 5.91 Å². The number of likely N-dealkylation sites (N-methyl/N-ethyl adjacent to an activating group) is 1. The summed E-state index contributed by atoms with van der Waals surface area (Å²) in [7, 11) is 1.80. The van der Waals surface area contributed by atoms with Gasteiger partial charge in [-0.2, -0.15) is 5.26 Å². The van der Waals surface area contributed by atoms with Crippen LogP contribution in [-0.2, 0) is 6.42 Å². The summed E-state index contributed by atoms with van der Waals surface area (Å²) in [4.78, 5) is 13.4. The van der Waals surface area contributed by atoms with Gasteiger partial charge < -0.3 is 4.90 Å². The van der Waals surface area contributed by atoms with Crippen molar-refractivity contribution in [3.63, 3.8) is 0 Å². The fourth-order valence-electron chi connectivity index (χ4n) is 1.67. The second-order valence-electron chi connectivity index (χ2n) is 3.46. The zero-order valence-electron chi connectivity index (χ0n) is 7.95. The monoisotopic (exact) mass is 186 g/mol.